The second kappa shape index (κ2) is 10.0. The quantitative estimate of drug-likeness (QED) is 0.387. The van der Waals surface area contributed by atoms with Crippen molar-refractivity contribution in [2.24, 2.45) is 5.92 Å². The van der Waals surface area contributed by atoms with E-state index in [9.17, 15) is 0 Å². The molecule has 1 aromatic heterocycles. The first-order valence-corrected chi connectivity index (χ1v) is 12.4. The van der Waals surface area contributed by atoms with E-state index in [1.54, 1.807) is 0 Å². The van der Waals surface area contributed by atoms with Crippen molar-refractivity contribution >= 4 is 23.8 Å². The molecule has 6 heteroatoms. The predicted molar refractivity (Wildman–Crippen MR) is 136 cm³/mol. The first-order valence-electron chi connectivity index (χ1n) is 11.6. The molecule has 1 aliphatic rings. The summed E-state index contributed by atoms with van der Waals surface area (Å²) < 4.78 is 4.72. The van der Waals surface area contributed by atoms with Crippen molar-refractivity contribution in [1.82, 2.24) is 14.3 Å². The molecular weight excluding hydrogens is 448 g/mol. The van der Waals surface area contributed by atoms with E-state index < -0.39 is 0 Å². The molecule has 1 aliphatic heterocycles. The van der Waals surface area contributed by atoms with Gasteiger partial charge in [0.15, 0.2) is 12.5 Å². The van der Waals surface area contributed by atoms with Crippen LogP contribution in [0.2, 0.25) is 5.02 Å². The fourth-order valence-electron chi connectivity index (χ4n) is 4.74. The van der Waals surface area contributed by atoms with E-state index in [1.807, 2.05) is 51.7 Å². The van der Waals surface area contributed by atoms with Crippen LogP contribution in [-0.2, 0) is 13.1 Å². The molecule has 1 N–H and O–H groups in total. The first kappa shape index (κ1) is 22.1. The van der Waals surface area contributed by atoms with E-state index in [-0.39, 0.29) is 0 Å². The van der Waals surface area contributed by atoms with Crippen LogP contribution in [0.1, 0.15) is 18.4 Å². The van der Waals surface area contributed by atoms with Crippen LogP contribution in [-0.4, -0.2) is 27.4 Å². The summed E-state index contributed by atoms with van der Waals surface area (Å²) in [7, 11) is 0. The summed E-state index contributed by atoms with van der Waals surface area (Å²) >= 11 is 12.5. The molecule has 5 rings (SSSR count). The SMILES string of the molecule is S=c1n(C[NH+]2CCC(Cc3ccccc3)CC2)nc(-c2ccccc2Cl)n1-c1ccccc1. The molecule has 0 atom stereocenters. The fourth-order valence-corrected chi connectivity index (χ4v) is 5.26. The van der Waals surface area contributed by atoms with Crippen LogP contribution < -0.4 is 4.90 Å². The van der Waals surface area contributed by atoms with Crippen LogP contribution in [0.3, 0.4) is 0 Å². The van der Waals surface area contributed by atoms with Crippen LogP contribution in [0.4, 0.5) is 0 Å². The van der Waals surface area contributed by atoms with Gasteiger partial charge in [-0.15, -0.1) is 5.10 Å². The molecule has 0 unspecified atom stereocenters. The minimum Gasteiger partial charge on any atom is -0.316 e. The normalized spacial score (nSPS) is 18.3. The van der Waals surface area contributed by atoms with Crippen molar-refractivity contribution in [3.8, 4) is 17.1 Å². The number of para-hydroxylation sites is 1. The Labute approximate surface area is 205 Å². The summed E-state index contributed by atoms with van der Waals surface area (Å²) in [5.41, 5.74) is 3.34. The number of nitrogens with zero attached hydrogens (tertiary/aromatic N) is 3. The smallest absolute Gasteiger partial charge is 0.207 e. The highest BCUT2D eigenvalue weighted by molar-refractivity contribution is 7.71. The Morgan fingerprint density at radius 2 is 1.52 bits per heavy atom. The molecule has 0 radical (unpaired) electrons. The number of rotatable bonds is 6. The number of hydrogen-bond donors (Lipinski definition) is 1. The molecule has 4 aromatic rings. The molecule has 0 aliphatic carbocycles. The van der Waals surface area contributed by atoms with Gasteiger partial charge in [-0.3, -0.25) is 4.57 Å². The van der Waals surface area contributed by atoms with Gasteiger partial charge >= 0.3 is 0 Å². The molecule has 0 amide bonds. The molecule has 1 fully saturated rings. The molecule has 0 saturated carbocycles. The topological polar surface area (TPSA) is 27.2 Å². The number of likely N-dealkylation sites (tertiary alicyclic amines) is 1. The van der Waals surface area contributed by atoms with Crippen molar-refractivity contribution in [1.29, 1.82) is 0 Å². The molecule has 4 nitrogen and oxygen atoms in total. The molecule has 33 heavy (non-hydrogen) atoms. The molecular formula is C27H28ClN4S+. The number of nitrogens with one attached hydrogen (secondary N) is 1. The van der Waals surface area contributed by atoms with Crippen LogP contribution >= 0.6 is 23.8 Å². The van der Waals surface area contributed by atoms with Gasteiger partial charge in [-0.2, -0.15) is 4.68 Å². The molecule has 0 bridgehead atoms. The van der Waals surface area contributed by atoms with Gasteiger partial charge in [0.1, 0.15) is 0 Å². The molecule has 3 aromatic carbocycles. The number of quaternary nitrogens is 1. The lowest BCUT2D eigenvalue weighted by atomic mass is 9.90. The van der Waals surface area contributed by atoms with Crippen molar-refractivity contribution in [3.63, 3.8) is 0 Å². The molecule has 168 valence electrons. The lowest BCUT2D eigenvalue weighted by molar-refractivity contribution is -0.929. The van der Waals surface area contributed by atoms with Gasteiger partial charge in [-0.25, -0.2) is 0 Å². The summed E-state index contributed by atoms with van der Waals surface area (Å²) in [4.78, 5) is 1.53. The summed E-state index contributed by atoms with van der Waals surface area (Å²) in [5.74, 6) is 1.54. The Bertz CT molecular complexity index is 1260. The second-order valence-electron chi connectivity index (χ2n) is 8.80. The number of hydrogen-bond acceptors (Lipinski definition) is 2. The van der Waals surface area contributed by atoms with Crippen molar-refractivity contribution < 1.29 is 4.90 Å². The third-order valence-corrected chi connectivity index (χ3v) is 7.24. The molecule has 1 saturated heterocycles. The Balaban J connectivity index is 1.37. The average molecular weight is 476 g/mol. The second-order valence-corrected chi connectivity index (χ2v) is 9.57. The Hall–Kier alpha value is -2.73. The summed E-state index contributed by atoms with van der Waals surface area (Å²) in [6.45, 7) is 3.05. The van der Waals surface area contributed by atoms with Crippen molar-refractivity contribution in [3.05, 3.63) is 100 Å². The Morgan fingerprint density at radius 3 is 2.21 bits per heavy atom. The van der Waals surface area contributed by atoms with E-state index in [0.29, 0.717) is 9.79 Å². The third kappa shape index (κ3) is 4.96. The van der Waals surface area contributed by atoms with Crippen LogP contribution in [0, 0.1) is 10.7 Å². The van der Waals surface area contributed by atoms with Crippen LogP contribution in [0.5, 0.6) is 0 Å². The van der Waals surface area contributed by atoms with Crippen LogP contribution in [0.25, 0.3) is 17.1 Å². The number of halogens is 1. The molecule has 2 heterocycles. The van der Waals surface area contributed by atoms with Crippen LogP contribution in [0.15, 0.2) is 84.9 Å². The van der Waals surface area contributed by atoms with E-state index in [1.165, 1.54) is 29.7 Å². The number of aromatic nitrogens is 3. The zero-order chi connectivity index (χ0) is 22.6. The van der Waals surface area contributed by atoms with E-state index in [0.717, 1.165) is 42.8 Å². The highest BCUT2D eigenvalue weighted by Crippen LogP contribution is 2.28. The van der Waals surface area contributed by atoms with E-state index in [2.05, 4.69) is 42.5 Å². The highest BCUT2D eigenvalue weighted by Gasteiger charge is 2.24. The predicted octanol–water partition coefficient (Wildman–Crippen LogP) is 5.22. The minimum absolute atomic E-state index is 0.677. The standard InChI is InChI=1S/C27H27ClN4S/c28-25-14-8-7-13-24(25)26-29-31(27(33)32(26)23-11-5-2-6-12-23)20-30-17-15-22(16-18-30)19-21-9-3-1-4-10-21/h1-14,22H,15-20H2/p+1. The summed E-state index contributed by atoms with van der Waals surface area (Å²) in [5, 5.41) is 5.65. The van der Waals surface area contributed by atoms with E-state index in [4.69, 9.17) is 28.9 Å². The fraction of sp³-hybridized carbons (Fsp3) is 0.259. The maximum atomic E-state index is 6.55. The van der Waals surface area contributed by atoms with Gasteiger partial charge in [0.05, 0.1) is 18.1 Å². The largest absolute Gasteiger partial charge is 0.316 e. The monoisotopic (exact) mass is 475 g/mol. The average Bonchev–Trinajstić information content (AvgIpc) is 3.17. The van der Waals surface area contributed by atoms with Gasteiger partial charge < -0.3 is 4.90 Å². The zero-order valence-corrected chi connectivity index (χ0v) is 20.1. The van der Waals surface area contributed by atoms with Gasteiger partial charge in [0.2, 0.25) is 4.77 Å². The minimum atomic E-state index is 0.677. The Kier molecular flexibility index (Phi) is 6.72. The summed E-state index contributed by atoms with van der Waals surface area (Å²) in [6.07, 6.45) is 3.63. The third-order valence-electron chi connectivity index (χ3n) is 6.52. The first-order chi connectivity index (χ1) is 16.2. The van der Waals surface area contributed by atoms with Gasteiger partial charge in [-0.1, -0.05) is 72.3 Å². The maximum absolute atomic E-state index is 6.55. The zero-order valence-electron chi connectivity index (χ0n) is 18.5. The van der Waals surface area contributed by atoms with Gasteiger partial charge in [-0.05, 0) is 67.2 Å². The molecule has 0 spiro atoms. The number of benzene rings is 3. The van der Waals surface area contributed by atoms with Crippen molar-refractivity contribution in [2.45, 2.75) is 25.9 Å². The van der Waals surface area contributed by atoms with E-state index >= 15 is 0 Å². The highest BCUT2D eigenvalue weighted by atomic mass is 35.5. The lowest BCUT2D eigenvalue weighted by Gasteiger charge is -2.29. The van der Waals surface area contributed by atoms with Crippen molar-refractivity contribution in [2.75, 3.05) is 13.1 Å². The Morgan fingerprint density at radius 1 is 0.879 bits per heavy atom. The lowest BCUT2D eigenvalue weighted by Crippen LogP contribution is -3.12. The summed E-state index contributed by atoms with van der Waals surface area (Å²) in [6, 6.07) is 28.8. The van der Waals surface area contributed by atoms with Gasteiger partial charge in [0, 0.05) is 11.3 Å². The number of piperidine rings is 1. The maximum Gasteiger partial charge on any atom is 0.207 e. The van der Waals surface area contributed by atoms with Gasteiger partial charge in [0.25, 0.3) is 0 Å².